The van der Waals surface area contributed by atoms with Crippen LogP contribution in [-0.2, 0) is 16.1 Å². The molecule has 1 heterocycles. The second-order valence-electron chi connectivity index (χ2n) is 4.19. The second-order valence-corrected chi connectivity index (χ2v) is 4.19. The van der Waals surface area contributed by atoms with E-state index in [2.05, 4.69) is 4.98 Å². The van der Waals surface area contributed by atoms with E-state index in [1.54, 1.807) is 42.7 Å². The number of aromatic nitrogens is 1. The zero-order valence-electron chi connectivity index (χ0n) is 11.0. The monoisotopic (exact) mass is 272 g/mol. The van der Waals surface area contributed by atoms with Crippen LogP contribution >= 0.6 is 0 Å². The van der Waals surface area contributed by atoms with Crippen molar-refractivity contribution >= 4 is 11.7 Å². The lowest BCUT2D eigenvalue weighted by molar-refractivity contribution is -0.145. The van der Waals surface area contributed by atoms with Crippen LogP contribution in [0.4, 0.5) is 5.69 Å². The van der Waals surface area contributed by atoms with Gasteiger partial charge in [0.05, 0.1) is 13.0 Å². The van der Waals surface area contributed by atoms with Gasteiger partial charge in [-0.15, -0.1) is 0 Å². The predicted octanol–water partition coefficient (Wildman–Crippen LogP) is 2.18. The number of nitrogen functional groups attached to an aromatic ring is 1. The van der Waals surface area contributed by atoms with E-state index in [1.165, 1.54) is 0 Å². The third-order valence-electron chi connectivity index (χ3n) is 2.56. The predicted molar refractivity (Wildman–Crippen MR) is 75.0 cm³/mol. The smallest absolute Gasteiger partial charge is 0.309 e. The van der Waals surface area contributed by atoms with E-state index in [1.807, 2.05) is 6.07 Å². The molecule has 2 N–H and O–H groups in total. The minimum absolute atomic E-state index is 0.190. The molecule has 0 fully saturated rings. The lowest BCUT2D eigenvalue weighted by atomic mass is 10.3. The van der Waals surface area contributed by atoms with Crippen LogP contribution in [0.3, 0.4) is 0 Å². The number of esters is 1. The van der Waals surface area contributed by atoms with Crippen LogP contribution in [0, 0.1) is 0 Å². The zero-order chi connectivity index (χ0) is 14.2. The minimum atomic E-state index is -0.308. The van der Waals surface area contributed by atoms with Crippen molar-refractivity contribution in [3.63, 3.8) is 0 Å². The molecular weight excluding hydrogens is 256 g/mol. The Morgan fingerprint density at radius 3 is 2.90 bits per heavy atom. The average Bonchev–Trinajstić information content (AvgIpc) is 2.46. The molecule has 0 aliphatic rings. The lowest BCUT2D eigenvalue weighted by Gasteiger charge is -2.07. The number of hydrogen-bond donors (Lipinski definition) is 1. The van der Waals surface area contributed by atoms with Gasteiger partial charge in [0, 0.05) is 29.7 Å². The number of hydrogen-bond acceptors (Lipinski definition) is 5. The van der Waals surface area contributed by atoms with E-state index < -0.39 is 0 Å². The first kappa shape index (κ1) is 13.9. The number of benzene rings is 1. The molecule has 20 heavy (non-hydrogen) atoms. The van der Waals surface area contributed by atoms with E-state index in [9.17, 15) is 4.79 Å². The quantitative estimate of drug-likeness (QED) is 0.644. The fourth-order valence-electron chi connectivity index (χ4n) is 1.58. The van der Waals surface area contributed by atoms with Gasteiger partial charge >= 0.3 is 5.97 Å². The number of anilines is 1. The van der Waals surface area contributed by atoms with Gasteiger partial charge in [0.15, 0.2) is 0 Å². The fraction of sp³-hybridized carbons (Fsp3) is 0.200. The van der Waals surface area contributed by atoms with Gasteiger partial charge in [-0.2, -0.15) is 0 Å². The molecule has 0 amide bonds. The van der Waals surface area contributed by atoms with Gasteiger partial charge < -0.3 is 15.2 Å². The van der Waals surface area contributed by atoms with Crippen molar-refractivity contribution in [3.8, 4) is 5.75 Å². The molecular formula is C15H16N2O3. The summed E-state index contributed by atoms with van der Waals surface area (Å²) in [5.41, 5.74) is 7.11. The molecule has 1 aromatic heterocycles. The summed E-state index contributed by atoms with van der Waals surface area (Å²) >= 11 is 0. The second kappa shape index (κ2) is 7.13. The Kier molecular flexibility index (Phi) is 4.94. The highest BCUT2D eigenvalue weighted by atomic mass is 16.5. The SMILES string of the molecule is Nc1cccc(OCCC(=O)OCc2cccnc2)c1. The molecule has 2 aromatic rings. The molecule has 5 nitrogen and oxygen atoms in total. The zero-order valence-corrected chi connectivity index (χ0v) is 11.0. The van der Waals surface area contributed by atoms with Crippen LogP contribution in [0.1, 0.15) is 12.0 Å². The van der Waals surface area contributed by atoms with E-state index in [0.717, 1.165) is 5.56 Å². The molecule has 0 aliphatic carbocycles. The topological polar surface area (TPSA) is 74.4 Å². The highest BCUT2D eigenvalue weighted by Gasteiger charge is 2.04. The van der Waals surface area contributed by atoms with E-state index in [4.69, 9.17) is 15.2 Å². The normalized spacial score (nSPS) is 10.0. The molecule has 104 valence electrons. The van der Waals surface area contributed by atoms with Crippen molar-refractivity contribution in [2.24, 2.45) is 0 Å². The Morgan fingerprint density at radius 1 is 1.25 bits per heavy atom. The van der Waals surface area contributed by atoms with Crippen LogP contribution in [0.15, 0.2) is 48.8 Å². The van der Waals surface area contributed by atoms with Crippen LogP contribution < -0.4 is 10.5 Å². The Labute approximate surface area is 117 Å². The molecule has 0 saturated heterocycles. The number of carbonyl (C=O) groups is 1. The number of pyridine rings is 1. The Balaban J connectivity index is 1.68. The number of nitrogens with two attached hydrogens (primary N) is 1. The largest absolute Gasteiger partial charge is 0.493 e. The van der Waals surface area contributed by atoms with Gasteiger partial charge in [0.1, 0.15) is 12.4 Å². The van der Waals surface area contributed by atoms with Gasteiger partial charge in [-0.05, 0) is 18.2 Å². The number of ether oxygens (including phenoxy) is 2. The highest BCUT2D eigenvalue weighted by Crippen LogP contribution is 2.14. The van der Waals surface area contributed by atoms with Crippen LogP contribution in [0.5, 0.6) is 5.75 Å². The number of rotatable bonds is 6. The van der Waals surface area contributed by atoms with Gasteiger partial charge in [-0.3, -0.25) is 9.78 Å². The molecule has 0 atom stereocenters. The van der Waals surface area contributed by atoms with E-state index in [0.29, 0.717) is 11.4 Å². The van der Waals surface area contributed by atoms with Crippen molar-refractivity contribution in [1.29, 1.82) is 0 Å². The first-order chi connectivity index (χ1) is 9.74. The van der Waals surface area contributed by atoms with Crippen LogP contribution in [0.25, 0.3) is 0 Å². The average molecular weight is 272 g/mol. The maximum Gasteiger partial charge on any atom is 0.309 e. The summed E-state index contributed by atoms with van der Waals surface area (Å²) in [6.07, 6.45) is 3.52. The Hall–Kier alpha value is -2.56. The third kappa shape index (κ3) is 4.61. The maximum atomic E-state index is 11.5. The van der Waals surface area contributed by atoms with Gasteiger partial charge in [0.2, 0.25) is 0 Å². The summed E-state index contributed by atoms with van der Waals surface area (Å²) in [6.45, 7) is 0.486. The van der Waals surface area contributed by atoms with Crippen LogP contribution in [-0.4, -0.2) is 17.6 Å². The molecule has 2 rings (SSSR count). The van der Waals surface area contributed by atoms with Gasteiger partial charge in [-0.25, -0.2) is 0 Å². The summed E-state index contributed by atoms with van der Waals surface area (Å²) in [5, 5.41) is 0. The summed E-state index contributed by atoms with van der Waals surface area (Å²) in [6, 6.07) is 10.7. The van der Waals surface area contributed by atoms with E-state index >= 15 is 0 Å². The van der Waals surface area contributed by atoms with Crippen molar-refractivity contribution < 1.29 is 14.3 Å². The molecule has 0 unspecified atom stereocenters. The van der Waals surface area contributed by atoms with Crippen molar-refractivity contribution in [3.05, 3.63) is 54.4 Å². The van der Waals surface area contributed by atoms with Crippen molar-refractivity contribution in [1.82, 2.24) is 4.98 Å². The maximum absolute atomic E-state index is 11.5. The van der Waals surface area contributed by atoms with Crippen molar-refractivity contribution in [2.75, 3.05) is 12.3 Å². The Morgan fingerprint density at radius 2 is 2.15 bits per heavy atom. The summed E-state index contributed by atoms with van der Waals surface area (Å²) in [5.74, 6) is 0.336. The molecule has 0 bridgehead atoms. The molecule has 0 aliphatic heterocycles. The van der Waals surface area contributed by atoms with Gasteiger partial charge in [-0.1, -0.05) is 12.1 Å². The third-order valence-corrected chi connectivity index (χ3v) is 2.56. The van der Waals surface area contributed by atoms with Gasteiger partial charge in [0.25, 0.3) is 0 Å². The Bertz CT molecular complexity index is 558. The molecule has 1 aromatic carbocycles. The fourth-order valence-corrected chi connectivity index (χ4v) is 1.58. The van der Waals surface area contributed by atoms with Crippen LogP contribution in [0.2, 0.25) is 0 Å². The van der Waals surface area contributed by atoms with E-state index in [-0.39, 0.29) is 25.6 Å². The summed E-state index contributed by atoms with van der Waals surface area (Å²) in [7, 11) is 0. The molecule has 0 saturated carbocycles. The van der Waals surface area contributed by atoms with Crippen molar-refractivity contribution in [2.45, 2.75) is 13.0 Å². The molecule has 0 spiro atoms. The number of nitrogens with zero attached hydrogens (tertiary/aromatic N) is 1. The standard InChI is InChI=1S/C15H16N2O3/c16-13-4-1-5-14(9-13)19-8-6-15(18)20-11-12-3-2-7-17-10-12/h1-5,7,9-10H,6,8,11,16H2. The minimum Gasteiger partial charge on any atom is -0.493 e. The molecule has 5 heteroatoms. The highest BCUT2D eigenvalue weighted by molar-refractivity contribution is 5.69. The summed E-state index contributed by atoms with van der Waals surface area (Å²) < 4.78 is 10.5. The lowest BCUT2D eigenvalue weighted by Crippen LogP contribution is -2.10. The summed E-state index contributed by atoms with van der Waals surface area (Å²) in [4.78, 5) is 15.5. The molecule has 0 radical (unpaired) electrons. The number of carbonyl (C=O) groups excluding carboxylic acids is 1. The first-order valence-corrected chi connectivity index (χ1v) is 6.27. The first-order valence-electron chi connectivity index (χ1n) is 6.27.